The fourth-order valence-corrected chi connectivity index (χ4v) is 1.49. The number of nitrogens with zero attached hydrogens (tertiary/aromatic N) is 1. The molecular formula is C12H13ClN2O2. The molecule has 0 aromatic heterocycles. The van der Waals surface area contributed by atoms with E-state index in [9.17, 15) is 4.79 Å². The third kappa shape index (κ3) is 4.75. The van der Waals surface area contributed by atoms with Gasteiger partial charge in [-0.1, -0.05) is 17.7 Å². The lowest BCUT2D eigenvalue weighted by Gasteiger charge is -2.12. The van der Waals surface area contributed by atoms with E-state index in [0.717, 1.165) is 0 Å². The molecule has 0 amide bonds. The molecule has 0 spiro atoms. The molecule has 5 heteroatoms. The van der Waals surface area contributed by atoms with Gasteiger partial charge in [-0.25, -0.2) is 0 Å². The second-order valence-corrected chi connectivity index (χ2v) is 3.78. The van der Waals surface area contributed by atoms with Crippen LogP contribution in [0.2, 0.25) is 5.02 Å². The largest absolute Gasteiger partial charge is 0.466 e. The average Bonchev–Trinajstić information content (AvgIpc) is 2.28. The molecule has 4 nitrogen and oxygen atoms in total. The van der Waals surface area contributed by atoms with Crippen LogP contribution in [0.5, 0.6) is 0 Å². The summed E-state index contributed by atoms with van der Waals surface area (Å²) in [6.07, 6.45) is 0.0108. The van der Waals surface area contributed by atoms with E-state index in [0.29, 0.717) is 17.3 Å². The number of hydrogen-bond acceptors (Lipinski definition) is 4. The number of nitriles is 1. The van der Waals surface area contributed by atoms with Gasteiger partial charge in [0, 0.05) is 10.7 Å². The SMILES string of the molecule is CCOC(=O)CC(C#N)Nc1cccc(Cl)c1. The van der Waals surface area contributed by atoms with Gasteiger partial charge in [-0.3, -0.25) is 4.79 Å². The lowest BCUT2D eigenvalue weighted by molar-refractivity contribution is -0.143. The predicted molar refractivity (Wildman–Crippen MR) is 65.7 cm³/mol. The summed E-state index contributed by atoms with van der Waals surface area (Å²) in [5, 5.41) is 12.4. The summed E-state index contributed by atoms with van der Waals surface area (Å²) < 4.78 is 4.78. The third-order valence-corrected chi connectivity index (χ3v) is 2.23. The van der Waals surface area contributed by atoms with Crippen molar-refractivity contribution in [2.45, 2.75) is 19.4 Å². The van der Waals surface area contributed by atoms with Crippen molar-refractivity contribution in [1.82, 2.24) is 0 Å². The highest BCUT2D eigenvalue weighted by molar-refractivity contribution is 6.30. The van der Waals surface area contributed by atoms with E-state index in [2.05, 4.69) is 5.32 Å². The average molecular weight is 253 g/mol. The Morgan fingerprint density at radius 3 is 3.00 bits per heavy atom. The number of carbonyl (C=O) groups is 1. The molecular weight excluding hydrogens is 240 g/mol. The normalized spacial score (nSPS) is 11.4. The van der Waals surface area contributed by atoms with Crippen LogP contribution in [0.25, 0.3) is 0 Å². The van der Waals surface area contributed by atoms with Crippen LogP contribution < -0.4 is 5.32 Å². The maximum absolute atomic E-state index is 11.2. The summed E-state index contributed by atoms with van der Waals surface area (Å²) in [6, 6.07) is 8.36. The number of rotatable bonds is 5. The molecule has 1 N–H and O–H groups in total. The summed E-state index contributed by atoms with van der Waals surface area (Å²) in [5.41, 5.74) is 0.702. The molecule has 1 aromatic rings. The van der Waals surface area contributed by atoms with Crippen molar-refractivity contribution in [3.05, 3.63) is 29.3 Å². The van der Waals surface area contributed by atoms with E-state index in [1.54, 1.807) is 31.2 Å². The van der Waals surface area contributed by atoms with Crippen LogP contribution in [0.3, 0.4) is 0 Å². The van der Waals surface area contributed by atoms with Crippen molar-refractivity contribution in [2.75, 3.05) is 11.9 Å². The second kappa shape index (κ2) is 6.77. The highest BCUT2D eigenvalue weighted by Gasteiger charge is 2.13. The van der Waals surface area contributed by atoms with E-state index in [-0.39, 0.29) is 6.42 Å². The van der Waals surface area contributed by atoms with Crippen molar-refractivity contribution in [1.29, 1.82) is 5.26 Å². The van der Waals surface area contributed by atoms with Gasteiger partial charge in [-0.05, 0) is 25.1 Å². The van der Waals surface area contributed by atoms with Crippen molar-refractivity contribution < 1.29 is 9.53 Å². The van der Waals surface area contributed by atoms with Crippen LogP contribution in [-0.4, -0.2) is 18.6 Å². The van der Waals surface area contributed by atoms with E-state index in [4.69, 9.17) is 21.6 Å². The summed E-state index contributed by atoms with van der Waals surface area (Å²) in [5.74, 6) is -0.395. The van der Waals surface area contributed by atoms with Gasteiger partial charge in [-0.2, -0.15) is 5.26 Å². The molecule has 0 aliphatic rings. The van der Waals surface area contributed by atoms with Crippen molar-refractivity contribution >= 4 is 23.3 Å². The Hall–Kier alpha value is -1.73. The van der Waals surface area contributed by atoms with Gasteiger partial charge in [0.1, 0.15) is 6.04 Å². The van der Waals surface area contributed by atoms with Gasteiger partial charge in [0.25, 0.3) is 0 Å². The molecule has 0 saturated carbocycles. The third-order valence-electron chi connectivity index (χ3n) is 2.00. The molecule has 17 heavy (non-hydrogen) atoms. The van der Waals surface area contributed by atoms with E-state index < -0.39 is 12.0 Å². The second-order valence-electron chi connectivity index (χ2n) is 3.35. The summed E-state index contributed by atoms with van der Waals surface area (Å²) in [4.78, 5) is 11.2. The quantitative estimate of drug-likeness (QED) is 0.819. The lowest BCUT2D eigenvalue weighted by Crippen LogP contribution is -2.22. The lowest BCUT2D eigenvalue weighted by atomic mass is 10.2. The minimum Gasteiger partial charge on any atom is -0.466 e. The standard InChI is InChI=1S/C12H13ClN2O2/c1-2-17-12(16)7-11(8-14)15-10-5-3-4-9(13)6-10/h3-6,11,15H,2,7H2,1H3. The maximum Gasteiger partial charge on any atom is 0.308 e. The summed E-state index contributed by atoms with van der Waals surface area (Å²) in [7, 11) is 0. The fraction of sp³-hybridized carbons (Fsp3) is 0.333. The van der Waals surface area contributed by atoms with Crippen molar-refractivity contribution in [2.24, 2.45) is 0 Å². The predicted octanol–water partition coefficient (Wildman–Crippen LogP) is 2.60. The van der Waals surface area contributed by atoms with Gasteiger partial charge in [0.05, 0.1) is 19.1 Å². The Kier molecular flexibility index (Phi) is 5.31. The number of benzene rings is 1. The molecule has 1 atom stereocenters. The molecule has 0 aliphatic heterocycles. The zero-order valence-electron chi connectivity index (χ0n) is 9.44. The van der Waals surface area contributed by atoms with Gasteiger partial charge in [0.2, 0.25) is 0 Å². The molecule has 90 valence electrons. The molecule has 0 saturated heterocycles. The van der Waals surface area contributed by atoms with Crippen molar-refractivity contribution in [3.8, 4) is 6.07 Å². The van der Waals surface area contributed by atoms with Gasteiger partial charge in [-0.15, -0.1) is 0 Å². The Morgan fingerprint density at radius 1 is 1.65 bits per heavy atom. The number of carbonyl (C=O) groups excluding carboxylic acids is 1. The van der Waals surface area contributed by atoms with Crippen LogP contribution in [0.4, 0.5) is 5.69 Å². The smallest absolute Gasteiger partial charge is 0.308 e. The van der Waals surface area contributed by atoms with Crippen LogP contribution in [0.15, 0.2) is 24.3 Å². The van der Waals surface area contributed by atoms with Gasteiger partial charge in [0.15, 0.2) is 0 Å². The molecule has 0 heterocycles. The minimum atomic E-state index is -0.618. The summed E-state index contributed by atoms with van der Waals surface area (Å²) in [6.45, 7) is 2.04. The van der Waals surface area contributed by atoms with Crippen LogP contribution in [0, 0.1) is 11.3 Å². The van der Waals surface area contributed by atoms with Gasteiger partial charge >= 0.3 is 5.97 Å². The number of esters is 1. The summed E-state index contributed by atoms with van der Waals surface area (Å²) >= 11 is 5.81. The van der Waals surface area contributed by atoms with Crippen LogP contribution in [-0.2, 0) is 9.53 Å². The number of ether oxygens (including phenoxy) is 1. The highest BCUT2D eigenvalue weighted by Crippen LogP contribution is 2.16. The number of hydrogen-bond donors (Lipinski definition) is 1. The molecule has 1 aromatic carbocycles. The zero-order chi connectivity index (χ0) is 12.7. The number of anilines is 1. The van der Waals surface area contributed by atoms with Crippen LogP contribution >= 0.6 is 11.6 Å². The maximum atomic E-state index is 11.2. The van der Waals surface area contributed by atoms with Gasteiger partial charge < -0.3 is 10.1 Å². The van der Waals surface area contributed by atoms with E-state index in [1.165, 1.54) is 0 Å². The first-order chi connectivity index (χ1) is 8.15. The zero-order valence-corrected chi connectivity index (χ0v) is 10.2. The van der Waals surface area contributed by atoms with E-state index in [1.807, 2.05) is 6.07 Å². The number of halogens is 1. The Labute approximate surface area is 105 Å². The molecule has 0 radical (unpaired) electrons. The molecule has 0 aliphatic carbocycles. The molecule has 0 fully saturated rings. The van der Waals surface area contributed by atoms with E-state index >= 15 is 0 Å². The topological polar surface area (TPSA) is 62.1 Å². The molecule has 0 bridgehead atoms. The molecule has 1 unspecified atom stereocenters. The Morgan fingerprint density at radius 2 is 2.41 bits per heavy atom. The Balaban J connectivity index is 2.59. The highest BCUT2D eigenvalue weighted by atomic mass is 35.5. The monoisotopic (exact) mass is 252 g/mol. The molecule has 1 rings (SSSR count). The Bertz CT molecular complexity index is 429. The van der Waals surface area contributed by atoms with Crippen molar-refractivity contribution in [3.63, 3.8) is 0 Å². The minimum absolute atomic E-state index is 0.0108. The first-order valence-corrected chi connectivity index (χ1v) is 5.61. The number of nitrogens with one attached hydrogen (secondary N) is 1. The fourth-order valence-electron chi connectivity index (χ4n) is 1.29. The first-order valence-electron chi connectivity index (χ1n) is 5.23. The first kappa shape index (κ1) is 13.3. The van der Waals surface area contributed by atoms with Crippen LogP contribution in [0.1, 0.15) is 13.3 Å².